The number of anilines is 2. The molecule has 2 aromatic carbocycles. The molecule has 29 heavy (non-hydrogen) atoms. The third-order valence-corrected chi connectivity index (χ3v) is 8.67. The van der Waals surface area contributed by atoms with Gasteiger partial charge in [-0.3, -0.25) is 9.59 Å². The van der Waals surface area contributed by atoms with E-state index in [0.717, 1.165) is 0 Å². The van der Waals surface area contributed by atoms with Crippen LogP contribution in [0.15, 0.2) is 53.4 Å². The molecule has 0 spiro atoms. The Balaban J connectivity index is 1.81. The van der Waals surface area contributed by atoms with Gasteiger partial charge >= 0.3 is 0 Å². The minimum absolute atomic E-state index is 0.0526. The van der Waals surface area contributed by atoms with E-state index in [1.165, 1.54) is 31.2 Å². The Morgan fingerprint density at radius 3 is 2.28 bits per heavy atom. The van der Waals surface area contributed by atoms with E-state index in [1.807, 2.05) is 0 Å². The number of hydrogen-bond acceptors (Lipinski definition) is 6. The zero-order chi connectivity index (χ0) is 21.2. The first-order valence-corrected chi connectivity index (χ1v) is 12.2. The van der Waals surface area contributed by atoms with Crippen LogP contribution in [0, 0.1) is 0 Å². The summed E-state index contributed by atoms with van der Waals surface area (Å²) in [5.41, 5.74) is 1.06. The van der Waals surface area contributed by atoms with Gasteiger partial charge in [-0.1, -0.05) is 12.1 Å². The average Bonchev–Trinajstić information content (AvgIpc) is 3.02. The van der Waals surface area contributed by atoms with Crippen molar-refractivity contribution in [1.29, 1.82) is 0 Å². The number of carbonyl (C=O) groups excluding carboxylic acids is 2. The summed E-state index contributed by atoms with van der Waals surface area (Å²) in [5, 5.41) is 4.26. The maximum atomic E-state index is 12.8. The molecule has 2 aromatic rings. The maximum Gasteiger partial charge on any atom is 0.255 e. The third-order valence-electron chi connectivity index (χ3n) is 4.50. The highest BCUT2D eigenvalue weighted by Crippen LogP contribution is 2.26. The predicted octanol–water partition coefficient (Wildman–Crippen LogP) is 1.86. The quantitative estimate of drug-likeness (QED) is 0.737. The summed E-state index contributed by atoms with van der Waals surface area (Å²) < 4.78 is 48.8. The van der Waals surface area contributed by atoms with E-state index >= 15 is 0 Å². The normalized spacial score (nSPS) is 18.2. The fraction of sp³-hybridized carbons (Fsp3) is 0.263. The summed E-state index contributed by atoms with van der Waals surface area (Å²) in [5.74, 6) is -1.33. The Bertz CT molecular complexity index is 1170. The zero-order valence-corrected chi connectivity index (χ0v) is 17.2. The van der Waals surface area contributed by atoms with Gasteiger partial charge < -0.3 is 10.6 Å². The van der Waals surface area contributed by atoms with Gasteiger partial charge in [0.1, 0.15) is 0 Å². The van der Waals surface area contributed by atoms with Crippen molar-refractivity contribution in [3.8, 4) is 0 Å². The van der Waals surface area contributed by atoms with E-state index in [1.54, 1.807) is 24.3 Å². The molecule has 2 N–H and O–H groups in total. The molecule has 1 fully saturated rings. The molecular formula is C19H20N2O6S2. The highest BCUT2D eigenvalue weighted by atomic mass is 32.2. The third kappa shape index (κ3) is 5.01. The van der Waals surface area contributed by atoms with E-state index in [2.05, 4.69) is 10.6 Å². The molecule has 1 aliphatic rings. The molecular weight excluding hydrogens is 416 g/mol. The van der Waals surface area contributed by atoms with E-state index in [4.69, 9.17) is 0 Å². The first-order valence-electron chi connectivity index (χ1n) is 8.80. The van der Waals surface area contributed by atoms with Crippen molar-refractivity contribution in [3.63, 3.8) is 0 Å². The SMILES string of the molecule is CC(=O)Nc1cccc(NC(=O)c2cccc(S(=O)(=O)[C@@H]3CCS(=O)(=O)C3)c2)c1. The number of benzene rings is 2. The van der Waals surface area contributed by atoms with Gasteiger partial charge in [0.25, 0.3) is 5.91 Å². The van der Waals surface area contributed by atoms with Crippen molar-refractivity contribution in [3.05, 3.63) is 54.1 Å². The first-order chi connectivity index (χ1) is 13.6. The van der Waals surface area contributed by atoms with Crippen molar-refractivity contribution in [2.75, 3.05) is 22.1 Å². The smallest absolute Gasteiger partial charge is 0.255 e. The molecule has 8 nitrogen and oxygen atoms in total. The van der Waals surface area contributed by atoms with Gasteiger partial charge in [-0.05, 0) is 42.8 Å². The van der Waals surface area contributed by atoms with E-state index in [0.29, 0.717) is 11.4 Å². The first kappa shape index (κ1) is 21.0. The second kappa shape index (κ2) is 7.96. The predicted molar refractivity (Wildman–Crippen MR) is 109 cm³/mol. The van der Waals surface area contributed by atoms with Crippen LogP contribution in [0.3, 0.4) is 0 Å². The summed E-state index contributed by atoms with van der Waals surface area (Å²) in [6.45, 7) is 1.37. The van der Waals surface area contributed by atoms with E-state index in [-0.39, 0.29) is 28.5 Å². The van der Waals surface area contributed by atoms with Gasteiger partial charge in [0.2, 0.25) is 5.91 Å². The molecule has 0 unspecified atom stereocenters. The molecule has 2 amide bonds. The average molecular weight is 437 g/mol. The molecule has 0 aliphatic carbocycles. The Morgan fingerprint density at radius 1 is 1.00 bits per heavy atom. The van der Waals surface area contributed by atoms with Crippen molar-refractivity contribution >= 4 is 42.9 Å². The zero-order valence-electron chi connectivity index (χ0n) is 15.6. The minimum Gasteiger partial charge on any atom is -0.326 e. The molecule has 1 atom stereocenters. The molecule has 1 aliphatic heterocycles. The van der Waals surface area contributed by atoms with Crippen LogP contribution in [0.5, 0.6) is 0 Å². The maximum absolute atomic E-state index is 12.8. The van der Waals surface area contributed by atoms with Gasteiger partial charge in [-0.15, -0.1) is 0 Å². The number of sulfone groups is 2. The number of hydrogen-bond donors (Lipinski definition) is 2. The Labute approximate surface area is 169 Å². The molecule has 0 radical (unpaired) electrons. The molecule has 10 heteroatoms. The summed E-state index contributed by atoms with van der Waals surface area (Å²) in [7, 11) is -7.22. The molecule has 154 valence electrons. The molecule has 1 saturated heterocycles. The Hall–Kier alpha value is -2.72. The minimum atomic E-state index is -3.87. The molecule has 0 saturated carbocycles. The molecule has 0 bridgehead atoms. The molecule has 1 heterocycles. The van der Waals surface area contributed by atoms with Crippen molar-refractivity contribution in [2.45, 2.75) is 23.5 Å². The van der Waals surface area contributed by atoms with Crippen LogP contribution < -0.4 is 10.6 Å². The highest BCUT2D eigenvalue weighted by Gasteiger charge is 2.38. The van der Waals surface area contributed by atoms with E-state index < -0.39 is 36.6 Å². The van der Waals surface area contributed by atoms with Crippen LogP contribution in [0.2, 0.25) is 0 Å². The van der Waals surface area contributed by atoms with Crippen LogP contribution in [0.25, 0.3) is 0 Å². The van der Waals surface area contributed by atoms with Gasteiger partial charge in [0.15, 0.2) is 19.7 Å². The van der Waals surface area contributed by atoms with Crippen LogP contribution in [-0.4, -0.2) is 45.4 Å². The number of rotatable bonds is 5. The molecule has 3 rings (SSSR count). The Kier molecular flexibility index (Phi) is 5.76. The van der Waals surface area contributed by atoms with Crippen LogP contribution >= 0.6 is 0 Å². The van der Waals surface area contributed by atoms with Gasteiger partial charge in [0.05, 0.1) is 21.7 Å². The van der Waals surface area contributed by atoms with Crippen LogP contribution in [0.1, 0.15) is 23.7 Å². The summed E-state index contributed by atoms with van der Waals surface area (Å²) in [6.07, 6.45) is 0.0526. The standard InChI is InChI=1S/C19H20N2O6S2/c1-13(22)20-15-5-3-6-16(11-15)21-19(23)14-4-2-7-17(10-14)29(26,27)18-8-9-28(24,25)12-18/h2-7,10-11,18H,8-9,12H2,1H3,(H,20,22)(H,21,23)/t18-/m1/s1. The van der Waals surface area contributed by atoms with Crippen molar-refractivity contribution in [2.24, 2.45) is 0 Å². The lowest BCUT2D eigenvalue weighted by Gasteiger charge is -2.12. The lowest BCUT2D eigenvalue weighted by atomic mass is 10.2. The number of nitrogens with one attached hydrogen (secondary N) is 2. The monoisotopic (exact) mass is 436 g/mol. The lowest BCUT2D eigenvalue weighted by molar-refractivity contribution is -0.114. The fourth-order valence-electron chi connectivity index (χ4n) is 3.09. The Morgan fingerprint density at radius 2 is 1.66 bits per heavy atom. The lowest BCUT2D eigenvalue weighted by Crippen LogP contribution is -2.23. The van der Waals surface area contributed by atoms with Crippen LogP contribution in [-0.2, 0) is 24.5 Å². The van der Waals surface area contributed by atoms with Crippen LogP contribution in [0.4, 0.5) is 11.4 Å². The van der Waals surface area contributed by atoms with Gasteiger partial charge in [-0.25, -0.2) is 16.8 Å². The van der Waals surface area contributed by atoms with Crippen molar-refractivity contribution in [1.82, 2.24) is 0 Å². The fourth-order valence-corrected chi connectivity index (χ4v) is 7.50. The van der Waals surface area contributed by atoms with Gasteiger partial charge in [0, 0.05) is 23.9 Å². The second-order valence-corrected chi connectivity index (χ2v) is 11.3. The second-order valence-electron chi connectivity index (χ2n) is 6.81. The number of amides is 2. The highest BCUT2D eigenvalue weighted by molar-refractivity contribution is 7.96. The largest absolute Gasteiger partial charge is 0.326 e. The topological polar surface area (TPSA) is 126 Å². The summed E-state index contributed by atoms with van der Waals surface area (Å²) in [6, 6.07) is 12.0. The number of carbonyl (C=O) groups is 2. The van der Waals surface area contributed by atoms with Crippen molar-refractivity contribution < 1.29 is 26.4 Å². The van der Waals surface area contributed by atoms with E-state index in [9.17, 15) is 26.4 Å². The summed E-state index contributed by atoms with van der Waals surface area (Å²) in [4.78, 5) is 23.6. The summed E-state index contributed by atoms with van der Waals surface area (Å²) >= 11 is 0. The molecule has 0 aromatic heterocycles. The van der Waals surface area contributed by atoms with Gasteiger partial charge in [-0.2, -0.15) is 0 Å².